The topological polar surface area (TPSA) is 87.7 Å². The fraction of sp³-hybridized carbons (Fsp3) is 0.286. The predicted molar refractivity (Wildman–Crippen MR) is 79.9 cm³/mol. The first kappa shape index (κ1) is 15.6. The molecule has 1 heterocycles. The summed E-state index contributed by atoms with van der Waals surface area (Å²) in [5, 5.41) is 10.5. The van der Waals surface area contributed by atoms with Crippen LogP contribution in [0.15, 0.2) is 28.2 Å². The van der Waals surface area contributed by atoms with Crippen molar-refractivity contribution in [3.05, 3.63) is 40.2 Å². The molecule has 0 aliphatic heterocycles. The molecule has 0 radical (unpaired) electrons. The molecule has 120 valence electrons. The molecular weight excluding hydrogens is 326 g/mol. The van der Waals surface area contributed by atoms with Crippen LogP contribution in [0.25, 0.3) is 11.3 Å². The van der Waals surface area contributed by atoms with Crippen LogP contribution in [0.2, 0.25) is 0 Å². The van der Waals surface area contributed by atoms with E-state index in [4.69, 9.17) is 0 Å². The van der Waals surface area contributed by atoms with E-state index >= 15 is 0 Å². The Morgan fingerprint density at radius 2 is 2.09 bits per heavy atom. The van der Waals surface area contributed by atoms with E-state index in [1.807, 2.05) is 0 Å². The number of halogens is 2. The van der Waals surface area contributed by atoms with Gasteiger partial charge in [-0.05, 0) is 31.0 Å². The maximum absolute atomic E-state index is 13.2. The summed E-state index contributed by atoms with van der Waals surface area (Å²) in [6.45, 7) is 0. The zero-order chi connectivity index (χ0) is 16.4. The van der Waals surface area contributed by atoms with Crippen molar-refractivity contribution in [1.29, 1.82) is 0 Å². The first-order valence-corrected chi connectivity index (χ1v) is 7.86. The molecule has 6 nitrogen and oxygen atoms in total. The average molecular weight is 338 g/mol. The lowest BCUT2D eigenvalue weighted by atomic mass is 10.1. The lowest BCUT2D eigenvalue weighted by Crippen LogP contribution is -2.27. The van der Waals surface area contributed by atoms with Gasteiger partial charge in [-0.25, -0.2) is 8.78 Å². The highest BCUT2D eigenvalue weighted by Crippen LogP contribution is 2.20. The normalized spacial score (nSPS) is 13.8. The molecule has 0 atom stereocenters. The highest BCUT2D eigenvalue weighted by molar-refractivity contribution is 7.99. The summed E-state index contributed by atoms with van der Waals surface area (Å²) in [5.41, 5.74) is -0.576. The van der Waals surface area contributed by atoms with Gasteiger partial charge in [0.2, 0.25) is 5.91 Å². The van der Waals surface area contributed by atoms with Crippen LogP contribution in [0.1, 0.15) is 12.8 Å². The van der Waals surface area contributed by atoms with Crippen LogP contribution in [-0.4, -0.2) is 32.9 Å². The second kappa shape index (κ2) is 6.45. The Morgan fingerprint density at radius 1 is 1.30 bits per heavy atom. The molecule has 1 amide bonds. The molecule has 9 heteroatoms. The van der Waals surface area contributed by atoms with E-state index in [1.165, 1.54) is 6.07 Å². The highest BCUT2D eigenvalue weighted by Gasteiger charge is 2.23. The lowest BCUT2D eigenvalue weighted by Gasteiger charge is -2.03. The molecule has 1 aliphatic rings. The van der Waals surface area contributed by atoms with Gasteiger partial charge in [0.1, 0.15) is 0 Å². The molecule has 0 saturated heterocycles. The van der Waals surface area contributed by atoms with Crippen LogP contribution in [0.3, 0.4) is 0 Å². The fourth-order valence-corrected chi connectivity index (χ4v) is 2.46. The van der Waals surface area contributed by atoms with Crippen molar-refractivity contribution < 1.29 is 13.6 Å². The van der Waals surface area contributed by atoms with Crippen LogP contribution in [-0.2, 0) is 4.79 Å². The number of amides is 1. The van der Waals surface area contributed by atoms with Crippen LogP contribution in [0.4, 0.5) is 8.78 Å². The molecule has 1 saturated carbocycles. The lowest BCUT2D eigenvalue weighted by molar-refractivity contribution is -0.118. The SMILES string of the molecule is O=C(CSc1nnc(-c2ccc(F)c(F)c2)c(=O)[nH]1)NC1CC1. The smallest absolute Gasteiger partial charge is 0.278 e. The molecule has 2 aromatic rings. The van der Waals surface area contributed by atoms with Crippen molar-refractivity contribution in [3.63, 3.8) is 0 Å². The van der Waals surface area contributed by atoms with Gasteiger partial charge in [0.25, 0.3) is 5.56 Å². The highest BCUT2D eigenvalue weighted by atomic mass is 32.2. The van der Waals surface area contributed by atoms with Gasteiger partial charge in [-0.1, -0.05) is 11.8 Å². The number of nitrogens with one attached hydrogen (secondary N) is 2. The second-order valence-corrected chi connectivity index (χ2v) is 6.03. The zero-order valence-electron chi connectivity index (χ0n) is 11.8. The van der Waals surface area contributed by atoms with Gasteiger partial charge in [0, 0.05) is 11.6 Å². The predicted octanol–water partition coefficient (Wildman–Crippen LogP) is 1.48. The number of nitrogens with zero attached hydrogens (tertiary/aromatic N) is 2. The van der Waals surface area contributed by atoms with Gasteiger partial charge < -0.3 is 5.32 Å². The Morgan fingerprint density at radius 3 is 2.74 bits per heavy atom. The van der Waals surface area contributed by atoms with Crippen LogP contribution in [0.5, 0.6) is 0 Å². The van der Waals surface area contributed by atoms with Gasteiger partial charge in [0.05, 0.1) is 5.75 Å². The first-order chi connectivity index (χ1) is 11.0. The second-order valence-electron chi connectivity index (χ2n) is 5.07. The monoisotopic (exact) mass is 338 g/mol. The van der Waals surface area contributed by atoms with Gasteiger partial charge in [-0.2, -0.15) is 0 Å². The van der Waals surface area contributed by atoms with Crippen molar-refractivity contribution in [2.45, 2.75) is 24.0 Å². The summed E-state index contributed by atoms with van der Waals surface area (Å²) in [7, 11) is 0. The number of aromatic amines is 1. The average Bonchev–Trinajstić information content (AvgIpc) is 3.32. The third kappa shape index (κ3) is 3.92. The molecule has 0 unspecified atom stereocenters. The van der Waals surface area contributed by atoms with Gasteiger partial charge >= 0.3 is 0 Å². The summed E-state index contributed by atoms with van der Waals surface area (Å²) in [4.78, 5) is 26.0. The van der Waals surface area contributed by atoms with E-state index < -0.39 is 17.2 Å². The van der Waals surface area contributed by atoms with Crippen LogP contribution < -0.4 is 10.9 Å². The Bertz CT molecular complexity index is 808. The van der Waals surface area contributed by atoms with Gasteiger partial charge in [0.15, 0.2) is 22.5 Å². The number of aromatic nitrogens is 3. The summed E-state index contributed by atoms with van der Waals surface area (Å²) in [6.07, 6.45) is 1.99. The number of thioether (sulfide) groups is 1. The molecule has 1 aromatic carbocycles. The summed E-state index contributed by atoms with van der Waals surface area (Å²) < 4.78 is 26.1. The molecule has 0 spiro atoms. The maximum atomic E-state index is 13.2. The third-order valence-corrected chi connectivity index (χ3v) is 4.02. The largest absolute Gasteiger partial charge is 0.353 e. The van der Waals surface area contributed by atoms with Crippen LogP contribution in [0, 0.1) is 11.6 Å². The maximum Gasteiger partial charge on any atom is 0.278 e. The standard InChI is InChI=1S/C14H12F2N4O2S/c15-9-4-1-7(5-10(9)16)12-13(22)18-14(20-19-12)23-6-11(21)17-8-2-3-8/h1,4-5,8H,2-3,6H2,(H,17,21)(H,18,20,22). The Labute approximate surface area is 133 Å². The summed E-state index contributed by atoms with van der Waals surface area (Å²) in [5.74, 6) is -2.10. The Hall–Kier alpha value is -2.29. The van der Waals surface area contributed by atoms with E-state index in [9.17, 15) is 18.4 Å². The Balaban J connectivity index is 1.71. The Kier molecular flexibility index (Phi) is 4.37. The zero-order valence-corrected chi connectivity index (χ0v) is 12.6. The summed E-state index contributed by atoms with van der Waals surface area (Å²) >= 11 is 1.05. The fourth-order valence-electron chi connectivity index (χ4n) is 1.85. The van der Waals surface area contributed by atoms with Gasteiger partial charge in [-0.3, -0.25) is 14.6 Å². The first-order valence-electron chi connectivity index (χ1n) is 6.87. The van der Waals surface area contributed by atoms with E-state index in [1.54, 1.807) is 0 Å². The molecule has 3 rings (SSSR count). The number of hydrogen-bond donors (Lipinski definition) is 2. The van der Waals surface area contributed by atoms with E-state index in [0.717, 1.165) is 36.7 Å². The minimum absolute atomic E-state index is 0.115. The minimum Gasteiger partial charge on any atom is -0.353 e. The van der Waals surface area contributed by atoms with Crippen molar-refractivity contribution in [2.24, 2.45) is 0 Å². The van der Waals surface area contributed by atoms with E-state index in [-0.39, 0.29) is 34.1 Å². The number of benzene rings is 1. The molecular formula is C14H12F2N4O2S. The molecule has 23 heavy (non-hydrogen) atoms. The molecule has 1 aliphatic carbocycles. The van der Waals surface area contributed by atoms with Gasteiger partial charge in [-0.15, -0.1) is 10.2 Å². The van der Waals surface area contributed by atoms with E-state index in [0.29, 0.717) is 0 Å². The number of hydrogen-bond acceptors (Lipinski definition) is 5. The number of H-pyrrole nitrogens is 1. The number of carbonyl (C=O) groups is 1. The number of carbonyl (C=O) groups excluding carboxylic acids is 1. The molecule has 1 aromatic heterocycles. The van der Waals surface area contributed by atoms with Crippen molar-refractivity contribution >= 4 is 17.7 Å². The number of rotatable bonds is 5. The molecule has 0 bridgehead atoms. The summed E-state index contributed by atoms with van der Waals surface area (Å²) in [6, 6.07) is 3.30. The van der Waals surface area contributed by atoms with Crippen molar-refractivity contribution in [1.82, 2.24) is 20.5 Å². The van der Waals surface area contributed by atoms with Crippen LogP contribution >= 0.6 is 11.8 Å². The molecule has 1 fully saturated rings. The van der Waals surface area contributed by atoms with Crippen molar-refractivity contribution in [2.75, 3.05) is 5.75 Å². The minimum atomic E-state index is -1.07. The molecule has 2 N–H and O–H groups in total. The van der Waals surface area contributed by atoms with Crippen molar-refractivity contribution in [3.8, 4) is 11.3 Å². The quantitative estimate of drug-likeness (QED) is 0.807. The third-order valence-electron chi connectivity index (χ3n) is 3.15. The van der Waals surface area contributed by atoms with E-state index in [2.05, 4.69) is 20.5 Å².